The average Bonchev–Trinajstić information content (AvgIpc) is 3.84. The molecule has 9 nitrogen and oxygen atoms in total. The van der Waals surface area contributed by atoms with Crippen molar-refractivity contribution >= 4 is 28.9 Å². The minimum atomic E-state index is -4.85. The molecular formula is C36H38F6N6O3S. The first-order valence-electron chi connectivity index (χ1n) is 17.3. The number of nitrogens with zero attached hydrogens (tertiary/aromatic N) is 6. The Hall–Kier alpha value is -4.34. The van der Waals surface area contributed by atoms with Crippen LogP contribution >= 0.6 is 11.3 Å². The smallest absolute Gasteiger partial charge is 0.425 e. The maximum Gasteiger partial charge on any atom is 0.425 e. The Bertz CT molecular complexity index is 1820. The standard InChI is InChI=1S/C36H38F6N6O3S/c1-2-6-30-34(51-26-19-31(52-22-26)36(40,41)42,14-5-16-48(30)32(49)28-21-43-15-11-29(28)35(37,38)39)33(50)47-17-12-24(13-18-47)27-8-4-3-7-23(27)9-10-25-20-44-46-45-25/h3-4,7-8,11,15,19,21-22,24,30H,2,5-6,9-10,12-14,16-18,20H2,1H3/t30-,34+/m1/s1. The molecule has 5 heterocycles. The molecule has 2 aromatic heterocycles. The molecule has 278 valence electrons. The van der Waals surface area contributed by atoms with Gasteiger partial charge in [-0.1, -0.05) is 37.6 Å². The lowest BCUT2D eigenvalue weighted by Gasteiger charge is -2.50. The highest BCUT2D eigenvalue weighted by molar-refractivity contribution is 7.10. The largest absolute Gasteiger partial charge is 0.474 e. The van der Waals surface area contributed by atoms with Gasteiger partial charge < -0.3 is 14.5 Å². The van der Waals surface area contributed by atoms with Crippen molar-refractivity contribution in [2.24, 2.45) is 15.4 Å². The number of likely N-dealkylation sites (tertiary alicyclic amines) is 2. The number of piperidine rings is 2. The third-order valence-electron chi connectivity index (χ3n) is 10.0. The van der Waals surface area contributed by atoms with E-state index < -0.39 is 51.8 Å². The number of carbonyl (C=O) groups excluding carboxylic acids is 2. The molecule has 3 aliphatic heterocycles. The summed E-state index contributed by atoms with van der Waals surface area (Å²) in [5.41, 5.74) is -0.441. The van der Waals surface area contributed by atoms with Crippen molar-refractivity contribution in [1.82, 2.24) is 14.8 Å². The second-order valence-corrected chi connectivity index (χ2v) is 14.2. The molecule has 0 spiro atoms. The van der Waals surface area contributed by atoms with Crippen LogP contribution in [0.2, 0.25) is 0 Å². The molecule has 0 unspecified atom stereocenters. The number of amides is 2. The molecule has 2 fully saturated rings. The van der Waals surface area contributed by atoms with E-state index in [9.17, 15) is 35.9 Å². The highest BCUT2D eigenvalue weighted by Crippen LogP contribution is 2.43. The van der Waals surface area contributed by atoms with E-state index in [0.717, 1.165) is 48.6 Å². The molecule has 2 saturated heterocycles. The predicted molar refractivity (Wildman–Crippen MR) is 181 cm³/mol. The summed E-state index contributed by atoms with van der Waals surface area (Å²) in [7, 11) is 0. The zero-order valence-corrected chi connectivity index (χ0v) is 29.2. The summed E-state index contributed by atoms with van der Waals surface area (Å²) in [5.74, 6) is -1.52. The van der Waals surface area contributed by atoms with Gasteiger partial charge in [0.1, 0.15) is 17.2 Å². The highest BCUT2D eigenvalue weighted by atomic mass is 32.1. The summed E-state index contributed by atoms with van der Waals surface area (Å²) in [5, 5.41) is 12.9. The molecule has 3 aliphatic rings. The molecule has 6 rings (SSSR count). The van der Waals surface area contributed by atoms with Crippen molar-refractivity contribution in [2.45, 2.75) is 88.2 Å². The van der Waals surface area contributed by atoms with Gasteiger partial charge in [-0.15, -0.1) is 16.4 Å². The van der Waals surface area contributed by atoms with E-state index in [1.807, 2.05) is 12.1 Å². The molecule has 0 radical (unpaired) electrons. The van der Waals surface area contributed by atoms with Crippen LogP contribution in [0.15, 0.2) is 69.6 Å². The van der Waals surface area contributed by atoms with Crippen LogP contribution in [0.4, 0.5) is 26.3 Å². The number of aromatic nitrogens is 1. The van der Waals surface area contributed by atoms with Crippen molar-refractivity contribution in [2.75, 3.05) is 26.2 Å². The Kier molecular flexibility index (Phi) is 11.0. The second-order valence-electron chi connectivity index (χ2n) is 13.3. The fourth-order valence-electron chi connectivity index (χ4n) is 7.57. The zero-order chi connectivity index (χ0) is 37.1. The molecule has 0 aliphatic carbocycles. The van der Waals surface area contributed by atoms with Gasteiger partial charge in [0.25, 0.3) is 11.8 Å². The second kappa shape index (κ2) is 15.3. The lowest BCUT2D eigenvalue weighted by Crippen LogP contribution is -2.68. The van der Waals surface area contributed by atoms with Gasteiger partial charge >= 0.3 is 12.4 Å². The van der Waals surface area contributed by atoms with Gasteiger partial charge in [0.15, 0.2) is 0 Å². The summed E-state index contributed by atoms with van der Waals surface area (Å²) < 4.78 is 89.5. The van der Waals surface area contributed by atoms with Crippen LogP contribution in [0, 0.1) is 0 Å². The average molecular weight is 749 g/mol. The third-order valence-corrected chi connectivity index (χ3v) is 11.0. The predicted octanol–water partition coefficient (Wildman–Crippen LogP) is 8.56. The SMILES string of the molecule is CCC[C@H]1N(C(=O)c2cnccc2C(F)(F)F)CCC[C@@]1(Oc1csc(C(F)(F)F)c1)C(=O)N1CCC(c2ccccc2CCC2=NN=NC2)CC1. The number of benzene rings is 1. The molecule has 1 aromatic carbocycles. The Balaban J connectivity index is 1.30. The van der Waals surface area contributed by atoms with Crippen molar-refractivity contribution in [3.8, 4) is 5.75 Å². The number of aryl methyl sites for hydroxylation is 1. The number of thiophene rings is 1. The van der Waals surface area contributed by atoms with Crippen molar-refractivity contribution in [1.29, 1.82) is 0 Å². The summed E-state index contributed by atoms with van der Waals surface area (Å²) in [6.07, 6.45) is -4.21. The van der Waals surface area contributed by atoms with Crippen LogP contribution in [0.5, 0.6) is 5.75 Å². The van der Waals surface area contributed by atoms with E-state index in [4.69, 9.17) is 4.74 Å². The number of hydrogen-bond acceptors (Lipinski definition) is 8. The molecule has 52 heavy (non-hydrogen) atoms. The first-order valence-corrected chi connectivity index (χ1v) is 18.2. The van der Waals surface area contributed by atoms with Gasteiger partial charge in [0, 0.05) is 49.9 Å². The van der Waals surface area contributed by atoms with Crippen molar-refractivity contribution in [3.63, 3.8) is 0 Å². The Morgan fingerprint density at radius 2 is 1.79 bits per heavy atom. The van der Waals surface area contributed by atoms with E-state index in [2.05, 4.69) is 32.6 Å². The van der Waals surface area contributed by atoms with Gasteiger partial charge in [0.2, 0.25) is 5.60 Å². The summed E-state index contributed by atoms with van der Waals surface area (Å²) in [6.45, 7) is 2.95. The fourth-order valence-corrected chi connectivity index (χ4v) is 8.25. The van der Waals surface area contributed by atoms with E-state index >= 15 is 0 Å². The fraction of sp³-hybridized carbons (Fsp3) is 0.500. The van der Waals surface area contributed by atoms with E-state index in [0.29, 0.717) is 50.2 Å². The summed E-state index contributed by atoms with van der Waals surface area (Å²) in [6, 6.07) is 8.59. The molecule has 3 aromatic rings. The quantitative estimate of drug-likeness (QED) is 0.194. The highest BCUT2D eigenvalue weighted by Gasteiger charge is 2.56. The van der Waals surface area contributed by atoms with Gasteiger partial charge in [-0.25, -0.2) is 0 Å². The molecule has 0 N–H and O–H groups in total. The topological polar surface area (TPSA) is 99.8 Å². The minimum absolute atomic E-state index is 0.0268. The number of ether oxygens (including phenoxy) is 1. The number of halogens is 6. The van der Waals surface area contributed by atoms with Crippen molar-refractivity contribution < 1.29 is 40.7 Å². The van der Waals surface area contributed by atoms with Crippen LogP contribution in [0.25, 0.3) is 0 Å². The van der Waals surface area contributed by atoms with E-state index in [-0.39, 0.29) is 37.5 Å². The maximum absolute atomic E-state index is 14.9. The summed E-state index contributed by atoms with van der Waals surface area (Å²) in [4.78, 5) is 34.6. The first kappa shape index (κ1) is 37.4. The van der Waals surface area contributed by atoms with Gasteiger partial charge in [0.05, 0.1) is 22.9 Å². The van der Waals surface area contributed by atoms with E-state index in [1.165, 1.54) is 15.8 Å². The molecular weight excluding hydrogens is 710 g/mol. The normalized spacial score (nSPS) is 21.4. The third kappa shape index (κ3) is 7.86. The van der Waals surface area contributed by atoms with Crippen molar-refractivity contribution in [3.05, 3.63) is 81.3 Å². The van der Waals surface area contributed by atoms with Gasteiger partial charge in [-0.3, -0.25) is 14.6 Å². The van der Waals surface area contributed by atoms with Crippen LogP contribution in [-0.4, -0.2) is 70.1 Å². The molecule has 2 amide bonds. The Morgan fingerprint density at radius 1 is 1.02 bits per heavy atom. The van der Waals surface area contributed by atoms with Gasteiger partial charge in [-0.2, -0.15) is 31.5 Å². The van der Waals surface area contributed by atoms with Crippen LogP contribution in [0.3, 0.4) is 0 Å². The minimum Gasteiger partial charge on any atom is -0.474 e. The number of pyridine rings is 1. The molecule has 0 bridgehead atoms. The summed E-state index contributed by atoms with van der Waals surface area (Å²) >= 11 is 0.419. The molecule has 16 heteroatoms. The number of rotatable bonds is 10. The van der Waals surface area contributed by atoms with Crippen LogP contribution in [-0.2, 0) is 23.6 Å². The first-order chi connectivity index (χ1) is 24.8. The maximum atomic E-state index is 14.9. The zero-order valence-electron chi connectivity index (χ0n) is 28.4. The van der Waals surface area contributed by atoms with Crippen LogP contribution in [0.1, 0.15) is 89.7 Å². The molecule has 2 atom stereocenters. The lowest BCUT2D eigenvalue weighted by atomic mass is 9.78. The monoisotopic (exact) mass is 748 g/mol. The number of alkyl halides is 6. The lowest BCUT2D eigenvalue weighted by molar-refractivity contribution is -0.160. The Morgan fingerprint density at radius 3 is 2.46 bits per heavy atom. The van der Waals surface area contributed by atoms with Crippen LogP contribution < -0.4 is 4.74 Å². The Labute approximate surface area is 300 Å². The number of hydrogen-bond donors (Lipinski definition) is 0. The van der Waals surface area contributed by atoms with Gasteiger partial charge in [-0.05, 0) is 66.9 Å². The van der Waals surface area contributed by atoms with E-state index in [1.54, 1.807) is 11.8 Å². The molecule has 0 saturated carbocycles. The number of carbonyl (C=O) groups is 2.